The van der Waals surface area contributed by atoms with Gasteiger partial charge in [-0.15, -0.1) is 0 Å². The molecular formula is C24H47NO7. The van der Waals surface area contributed by atoms with Gasteiger partial charge in [-0.05, 0) is 12.8 Å². The number of nitrogens with two attached hydrogens (primary N) is 1. The van der Waals surface area contributed by atoms with Gasteiger partial charge < -0.3 is 40.7 Å². The summed E-state index contributed by atoms with van der Waals surface area (Å²) in [4.78, 5) is 0. The second-order valence-corrected chi connectivity index (χ2v) is 8.94. The molecule has 1 rings (SSSR count). The minimum atomic E-state index is -1.50. The number of unbranched alkanes of at least 4 members (excludes halogenated alkanes) is 11. The number of aliphatic hydroxyl groups is 5. The molecule has 0 spiro atoms. The molecule has 0 bridgehead atoms. The van der Waals surface area contributed by atoms with Crippen LogP contribution in [0.2, 0.25) is 0 Å². The van der Waals surface area contributed by atoms with Gasteiger partial charge in [0, 0.05) is 0 Å². The quantitative estimate of drug-likeness (QED) is 0.134. The fourth-order valence-corrected chi connectivity index (χ4v) is 3.81. The average Bonchev–Trinajstić information content (AvgIpc) is 2.79. The molecule has 7 atom stereocenters. The van der Waals surface area contributed by atoms with Gasteiger partial charge in [-0.25, -0.2) is 0 Å². The predicted octanol–water partition coefficient (Wildman–Crippen LogP) is 1.75. The van der Waals surface area contributed by atoms with Crippen molar-refractivity contribution in [3.63, 3.8) is 0 Å². The maximum atomic E-state index is 10.2. The largest absolute Gasteiger partial charge is 0.394 e. The molecule has 32 heavy (non-hydrogen) atoms. The maximum absolute atomic E-state index is 10.2. The molecule has 1 fully saturated rings. The van der Waals surface area contributed by atoms with Gasteiger partial charge in [-0.2, -0.15) is 0 Å². The minimum Gasteiger partial charge on any atom is -0.394 e. The van der Waals surface area contributed by atoms with Crippen LogP contribution in [-0.4, -0.2) is 81.6 Å². The molecule has 0 aromatic rings. The van der Waals surface area contributed by atoms with Gasteiger partial charge >= 0.3 is 0 Å². The molecule has 1 aliphatic rings. The second-order valence-electron chi connectivity index (χ2n) is 8.94. The van der Waals surface area contributed by atoms with E-state index in [1.807, 2.05) is 6.08 Å². The summed E-state index contributed by atoms with van der Waals surface area (Å²) < 4.78 is 10.6. The molecule has 0 saturated carbocycles. The van der Waals surface area contributed by atoms with Crippen molar-refractivity contribution < 1.29 is 35.0 Å². The molecule has 8 heteroatoms. The normalized spacial score (nSPS) is 28.3. The van der Waals surface area contributed by atoms with E-state index in [9.17, 15) is 25.5 Å². The van der Waals surface area contributed by atoms with Crippen molar-refractivity contribution in [2.24, 2.45) is 5.73 Å². The highest BCUT2D eigenvalue weighted by Gasteiger charge is 2.44. The highest BCUT2D eigenvalue weighted by molar-refractivity contribution is 4.94. The third-order valence-corrected chi connectivity index (χ3v) is 6.05. The van der Waals surface area contributed by atoms with Gasteiger partial charge in [0.25, 0.3) is 0 Å². The second kappa shape index (κ2) is 17.8. The molecule has 0 amide bonds. The summed E-state index contributed by atoms with van der Waals surface area (Å²) in [7, 11) is 0. The van der Waals surface area contributed by atoms with Crippen molar-refractivity contribution in [1.29, 1.82) is 0 Å². The van der Waals surface area contributed by atoms with Crippen LogP contribution in [0.15, 0.2) is 12.2 Å². The Morgan fingerprint density at radius 1 is 0.875 bits per heavy atom. The summed E-state index contributed by atoms with van der Waals surface area (Å²) in [6, 6.07) is -0.740. The summed E-state index contributed by atoms with van der Waals surface area (Å²) in [5.41, 5.74) is 5.93. The van der Waals surface area contributed by atoms with E-state index >= 15 is 0 Å². The summed E-state index contributed by atoms with van der Waals surface area (Å²) in [6.45, 7) is 1.60. The van der Waals surface area contributed by atoms with Crippen LogP contribution in [0.1, 0.15) is 84.0 Å². The summed E-state index contributed by atoms with van der Waals surface area (Å²) in [6.07, 6.45) is 11.1. The van der Waals surface area contributed by atoms with E-state index in [1.165, 1.54) is 64.2 Å². The van der Waals surface area contributed by atoms with E-state index in [0.29, 0.717) is 0 Å². The molecule has 7 N–H and O–H groups in total. The lowest BCUT2D eigenvalue weighted by Gasteiger charge is -2.39. The highest BCUT2D eigenvalue weighted by Crippen LogP contribution is 2.22. The van der Waals surface area contributed by atoms with E-state index in [0.717, 1.165) is 12.8 Å². The third-order valence-electron chi connectivity index (χ3n) is 6.05. The van der Waals surface area contributed by atoms with E-state index in [2.05, 4.69) is 6.92 Å². The third kappa shape index (κ3) is 11.5. The monoisotopic (exact) mass is 461 g/mol. The molecule has 0 aliphatic carbocycles. The molecule has 1 aliphatic heterocycles. The van der Waals surface area contributed by atoms with E-state index in [1.54, 1.807) is 6.08 Å². The number of hydrogen-bond acceptors (Lipinski definition) is 8. The summed E-state index contributed by atoms with van der Waals surface area (Å²) in [5.74, 6) is 0. The minimum absolute atomic E-state index is 0.118. The Balaban J connectivity index is 2.10. The van der Waals surface area contributed by atoms with E-state index < -0.39 is 49.5 Å². The molecule has 190 valence electrons. The van der Waals surface area contributed by atoms with Gasteiger partial charge in [0.15, 0.2) is 6.29 Å². The molecule has 1 heterocycles. The molecule has 0 aromatic carbocycles. The van der Waals surface area contributed by atoms with Crippen molar-refractivity contribution >= 4 is 0 Å². The number of ether oxygens (including phenoxy) is 2. The van der Waals surface area contributed by atoms with Gasteiger partial charge in [-0.3, -0.25) is 0 Å². The SMILES string of the molecule is CCCCCCCCCCCCC/C=C/C(O)C(N)COC1OC(CO)C(O)C(O)[C@H]1O. The van der Waals surface area contributed by atoms with Crippen LogP contribution in [0.5, 0.6) is 0 Å². The Bertz CT molecular complexity index is 477. The average molecular weight is 462 g/mol. The van der Waals surface area contributed by atoms with E-state index in [4.69, 9.17) is 15.2 Å². The van der Waals surface area contributed by atoms with Crippen LogP contribution in [-0.2, 0) is 9.47 Å². The molecule has 0 aromatic heterocycles. The Hall–Kier alpha value is -0.580. The molecule has 6 unspecified atom stereocenters. The molecule has 8 nitrogen and oxygen atoms in total. The van der Waals surface area contributed by atoms with Crippen molar-refractivity contribution in [2.75, 3.05) is 13.2 Å². The first kappa shape index (κ1) is 29.5. The number of hydrogen-bond donors (Lipinski definition) is 6. The first-order valence-corrected chi connectivity index (χ1v) is 12.4. The zero-order chi connectivity index (χ0) is 23.8. The molecular weight excluding hydrogens is 414 g/mol. The maximum Gasteiger partial charge on any atom is 0.186 e. The topological polar surface area (TPSA) is 146 Å². The fraction of sp³-hybridized carbons (Fsp3) is 0.917. The smallest absolute Gasteiger partial charge is 0.186 e. The van der Waals surface area contributed by atoms with Crippen molar-refractivity contribution in [1.82, 2.24) is 0 Å². The van der Waals surface area contributed by atoms with Crippen molar-refractivity contribution in [3.05, 3.63) is 12.2 Å². The predicted molar refractivity (Wildman–Crippen MR) is 124 cm³/mol. The first-order valence-electron chi connectivity index (χ1n) is 12.4. The Kier molecular flexibility index (Phi) is 16.4. The number of aliphatic hydroxyl groups excluding tert-OH is 5. The Labute approximate surface area is 193 Å². The van der Waals surface area contributed by atoms with Crippen LogP contribution in [0, 0.1) is 0 Å². The lowest BCUT2D eigenvalue weighted by atomic mass is 9.99. The van der Waals surface area contributed by atoms with Gasteiger partial charge in [-0.1, -0.05) is 83.3 Å². The van der Waals surface area contributed by atoms with Gasteiger partial charge in [0.05, 0.1) is 25.4 Å². The summed E-state index contributed by atoms with van der Waals surface area (Å²) in [5, 5.41) is 48.8. The summed E-state index contributed by atoms with van der Waals surface area (Å²) >= 11 is 0. The van der Waals surface area contributed by atoms with Crippen LogP contribution in [0.25, 0.3) is 0 Å². The standard InChI is InChI=1S/C24H47NO7/c1-2-3-4-5-6-7-8-9-10-11-12-13-14-15-19(27)18(25)17-31-24-23(30)22(29)21(28)20(16-26)32-24/h14-15,18-24,26-30H,2-13,16-17,25H2,1H3/b15-14+/t18?,19?,20?,21?,22?,23-,24?/m1/s1. The van der Waals surface area contributed by atoms with Gasteiger partial charge in [0.1, 0.15) is 24.4 Å². The van der Waals surface area contributed by atoms with E-state index in [-0.39, 0.29) is 6.61 Å². The lowest BCUT2D eigenvalue weighted by Crippen LogP contribution is -2.59. The number of rotatable bonds is 18. The molecule has 1 saturated heterocycles. The lowest BCUT2D eigenvalue weighted by molar-refractivity contribution is -0.302. The Morgan fingerprint density at radius 3 is 2.00 bits per heavy atom. The van der Waals surface area contributed by atoms with Gasteiger partial charge in [0.2, 0.25) is 0 Å². The van der Waals surface area contributed by atoms with Crippen LogP contribution in [0.3, 0.4) is 0 Å². The highest BCUT2D eigenvalue weighted by atomic mass is 16.7. The zero-order valence-electron chi connectivity index (χ0n) is 19.7. The van der Waals surface area contributed by atoms with Crippen LogP contribution < -0.4 is 5.73 Å². The van der Waals surface area contributed by atoms with Crippen molar-refractivity contribution in [2.45, 2.75) is 127 Å². The first-order chi connectivity index (χ1) is 15.4. The van der Waals surface area contributed by atoms with Crippen LogP contribution in [0.4, 0.5) is 0 Å². The van der Waals surface area contributed by atoms with Crippen LogP contribution >= 0.6 is 0 Å². The number of allylic oxidation sites excluding steroid dienone is 1. The molecule has 0 radical (unpaired) electrons. The van der Waals surface area contributed by atoms with Crippen molar-refractivity contribution in [3.8, 4) is 0 Å². The Morgan fingerprint density at radius 2 is 1.44 bits per heavy atom. The fourth-order valence-electron chi connectivity index (χ4n) is 3.81. The zero-order valence-corrected chi connectivity index (χ0v) is 19.7.